The molecule has 12 heterocycles. The van der Waals surface area contributed by atoms with Gasteiger partial charge in [-0.1, -0.05) is 10.4 Å². The van der Waals surface area contributed by atoms with E-state index in [9.17, 15) is 48.9 Å². The van der Waals surface area contributed by atoms with E-state index in [0.717, 1.165) is 32.4 Å². The fraction of sp³-hybridized carbons (Fsp3) is 0.600. The summed E-state index contributed by atoms with van der Waals surface area (Å²) in [4.78, 5) is 78.1. The molecule has 36 nitrogen and oxygen atoms in total. The lowest BCUT2D eigenvalue weighted by Crippen LogP contribution is -2.53. The van der Waals surface area contributed by atoms with Crippen molar-refractivity contribution in [3.63, 3.8) is 0 Å². The Balaban J connectivity index is 0.902. The molecule has 6 aliphatic rings. The van der Waals surface area contributed by atoms with Gasteiger partial charge in [-0.3, -0.25) is 19.6 Å². The highest BCUT2D eigenvalue weighted by atomic mass is 32.1. The third-order valence-electron chi connectivity index (χ3n) is 18.2. The molecule has 8 aromatic rings. The molecule has 2 spiro atoms. The minimum atomic E-state index is -3.49. The smallest absolute Gasteiger partial charge is 0.390 e. The Morgan fingerprint density at radius 1 is 0.706 bits per heavy atom. The summed E-state index contributed by atoms with van der Waals surface area (Å²) in [6.07, 6.45) is -11.7. The number of ether oxygens (including phenoxy) is 4. The summed E-state index contributed by atoms with van der Waals surface area (Å²) >= 11 is 2.18. The number of hydrogen-bond acceptors (Lipinski definition) is 32. The van der Waals surface area contributed by atoms with Gasteiger partial charge >= 0.3 is 16.5 Å². The fourth-order valence-corrected chi connectivity index (χ4v) is 17.1. The summed E-state index contributed by atoms with van der Waals surface area (Å²) in [6, 6.07) is 0. The van der Waals surface area contributed by atoms with Crippen molar-refractivity contribution in [2.45, 2.75) is 130 Å². The van der Waals surface area contributed by atoms with Crippen LogP contribution in [0.1, 0.15) is 85.8 Å². The van der Waals surface area contributed by atoms with Crippen molar-refractivity contribution < 1.29 is 67.3 Å². The zero-order chi connectivity index (χ0) is 59.1. The summed E-state index contributed by atoms with van der Waals surface area (Å²) in [5, 5.41) is 66.9. The predicted molar refractivity (Wildman–Crippen MR) is 290 cm³/mol. The maximum Gasteiger partial charge on any atom is 0.695 e. The van der Waals surface area contributed by atoms with Crippen molar-refractivity contribution in [3.8, 4) is 0 Å². The quantitative estimate of drug-likeness (QED) is 0.0603. The van der Waals surface area contributed by atoms with Crippen LogP contribution in [-0.2, 0) is 37.1 Å². The van der Waals surface area contributed by atoms with E-state index in [0.29, 0.717) is 31.8 Å². The van der Waals surface area contributed by atoms with Gasteiger partial charge < -0.3 is 62.3 Å². The van der Waals surface area contributed by atoms with E-state index in [4.69, 9.17) is 50.9 Å². The van der Waals surface area contributed by atoms with Gasteiger partial charge in [0.25, 0.3) is 11.1 Å². The van der Waals surface area contributed by atoms with Crippen LogP contribution in [0, 0.1) is 29.1 Å². The van der Waals surface area contributed by atoms with Crippen molar-refractivity contribution in [3.05, 3.63) is 43.1 Å². The molecule has 0 radical (unpaired) electrons. The molecule has 14 rings (SSSR count). The molecule has 4 saturated heterocycles. The lowest BCUT2D eigenvalue weighted by Gasteiger charge is -2.47. The van der Waals surface area contributed by atoms with Crippen LogP contribution in [0.5, 0.6) is 0 Å². The van der Waals surface area contributed by atoms with Crippen LogP contribution < -0.4 is 34.1 Å². The average Bonchev–Trinajstić information content (AvgIpc) is 1.60. The fourth-order valence-electron chi connectivity index (χ4n) is 14.6. The van der Waals surface area contributed by atoms with Gasteiger partial charge in [0.1, 0.15) is 53.0 Å². The summed E-state index contributed by atoms with van der Waals surface area (Å²) in [6.45, 7) is -0.573. The monoisotopic (exact) mass is 1250 g/mol. The van der Waals surface area contributed by atoms with Gasteiger partial charge in [0.2, 0.25) is 11.9 Å². The largest absolute Gasteiger partial charge is 0.695 e. The number of fused-ring (bicyclic) bond motifs is 4. The minimum Gasteiger partial charge on any atom is -0.390 e. The zero-order valence-electron chi connectivity index (χ0n) is 43.8. The van der Waals surface area contributed by atoms with E-state index in [-0.39, 0.29) is 97.2 Å². The van der Waals surface area contributed by atoms with Crippen molar-refractivity contribution in [2.75, 3.05) is 29.5 Å². The molecule has 2 aliphatic carbocycles. The Bertz CT molecular complexity index is 4100. The molecule has 2 saturated carbocycles. The average molecular weight is 1260 g/mol. The number of rotatable bonds is 14. The maximum absolute atomic E-state index is 13.2. The Morgan fingerprint density at radius 2 is 1.27 bits per heavy atom. The number of H-pyrrole nitrogens is 2. The van der Waals surface area contributed by atoms with Gasteiger partial charge in [0.15, 0.2) is 52.5 Å². The highest BCUT2D eigenvalue weighted by molar-refractivity contribution is 7.32. The molecule has 85 heavy (non-hydrogen) atoms. The van der Waals surface area contributed by atoms with Crippen LogP contribution in [0.3, 0.4) is 0 Å². The SMILES string of the molecule is Nc1nc2c(nnn2[C@@H]2OC(C3CCC4(CCC5(O[C@@H](n6nnc7c(=O)[nH]c(N)nc76)[C@H](O[P+](=O)O)[C@@H]5O)C4C[C@H]4O[C@@H](c5snc6c(N)ncnc56)C[C@@H]4O)C3C[C@H]3O[C@@H](c4snc5c(N)ncnc45)C[C@@H]3O)[C@@H](O)[C@H]2CO[P+](=O)O)c(=O)[nH]1. The van der Waals surface area contributed by atoms with E-state index < -0.39 is 142 Å². The Kier molecular flexibility index (Phi) is 14.0. The number of aromatic amines is 2. The molecule has 40 heteroatoms. The van der Waals surface area contributed by atoms with Gasteiger partial charge in [-0.2, -0.15) is 28.1 Å². The second kappa shape index (κ2) is 21.1. The minimum absolute atomic E-state index is 0.0146. The molecular formula is C45H52N20O16P2S2+2. The molecule has 16 N–H and O–H groups in total. The number of hydrogen-bond donors (Lipinski definition) is 12. The van der Waals surface area contributed by atoms with Crippen LogP contribution in [-0.4, -0.2) is 170 Å². The van der Waals surface area contributed by atoms with Crippen molar-refractivity contribution in [1.82, 2.24) is 78.6 Å². The third-order valence-corrected chi connectivity index (χ3v) is 20.8. The number of aliphatic hydroxyl groups excluding tert-OH is 4. The van der Waals surface area contributed by atoms with Gasteiger partial charge in [0, 0.05) is 22.0 Å². The van der Waals surface area contributed by atoms with Gasteiger partial charge in [0.05, 0.1) is 64.5 Å². The molecule has 8 unspecified atom stereocenters. The Morgan fingerprint density at radius 3 is 1.84 bits per heavy atom. The zero-order valence-corrected chi connectivity index (χ0v) is 47.2. The van der Waals surface area contributed by atoms with Gasteiger partial charge in [-0.25, -0.2) is 19.9 Å². The predicted octanol–water partition coefficient (Wildman–Crippen LogP) is -0.640. The normalized spacial score (nSPS) is 35.1. The number of nitrogen functional groups attached to an aromatic ring is 4. The van der Waals surface area contributed by atoms with Crippen LogP contribution in [0.2, 0.25) is 0 Å². The highest BCUT2D eigenvalue weighted by Crippen LogP contribution is 2.70. The number of nitrogens with two attached hydrogens (primary N) is 4. The summed E-state index contributed by atoms with van der Waals surface area (Å²) in [5.74, 6) is -4.00. The van der Waals surface area contributed by atoms with Crippen LogP contribution in [0.15, 0.2) is 22.2 Å². The first-order valence-electron chi connectivity index (χ1n) is 26.7. The van der Waals surface area contributed by atoms with E-state index >= 15 is 0 Å². The first kappa shape index (κ1) is 56.2. The first-order valence-corrected chi connectivity index (χ1v) is 30.5. The van der Waals surface area contributed by atoms with Crippen LogP contribution in [0.4, 0.5) is 23.5 Å². The second-order valence-electron chi connectivity index (χ2n) is 22.2. The Labute approximate surface area is 483 Å². The standard InChI is InChI=1S/C45H50N20O16P2S2/c46-34-24-22(50-10-52-34)31(84-60-24)19-6-15(66)17(77-19)5-14-12(29-28(68)13(9-76-82(72)73)40(79-29)64-36-26(58-62-64)38(70)56-42(48)54-36)1-2-44(14)3-4-45(21(44)8-18-16(67)7-20(78-18)32-23-25(61-85-32)35(47)53-11-51-23)33(69)30(81-83(74)75)41(80-45)65-37-27(59-63-65)39(71)57-43(49)55-37/h10-21,28-30,33,40-41,66-69H,1-9H2,(H10-2,46,47,48,49,50,51,52,53,54,55,56,57,62,63,70,71,72,73,74,75)/p+2/t12?,13-,14?,15+,16+,17-,18-,19-,20-,21?,28+,29?,30-,33+,40-,41-,44?,45?/m1/s1. The number of aromatic nitrogens is 16. The van der Waals surface area contributed by atoms with E-state index in [2.05, 4.69) is 69.2 Å². The summed E-state index contributed by atoms with van der Waals surface area (Å²) in [7, 11) is -6.72. The van der Waals surface area contributed by atoms with Crippen LogP contribution >= 0.6 is 39.6 Å². The van der Waals surface area contributed by atoms with E-state index in [1.807, 2.05) is 0 Å². The molecule has 6 fully saturated rings. The van der Waals surface area contributed by atoms with Gasteiger partial charge in [-0.05, 0) is 84.8 Å². The highest BCUT2D eigenvalue weighted by Gasteiger charge is 2.73. The topological polar surface area (TPSA) is 545 Å². The summed E-state index contributed by atoms with van der Waals surface area (Å²) in [5.41, 5.74) is 20.7. The third kappa shape index (κ3) is 9.06. The number of aliphatic hydroxyl groups is 4. The van der Waals surface area contributed by atoms with Crippen molar-refractivity contribution in [1.29, 1.82) is 0 Å². The van der Waals surface area contributed by atoms with E-state index in [1.54, 1.807) is 0 Å². The summed E-state index contributed by atoms with van der Waals surface area (Å²) < 4.78 is 75.0. The second-order valence-corrected chi connectivity index (χ2v) is 25.2. The van der Waals surface area contributed by atoms with Gasteiger partial charge in [-0.15, -0.1) is 29.0 Å². The Hall–Kier alpha value is -6.58. The number of nitrogens with zero attached hydrogens (tertiary/aromatic N) is 14. The molecule has 0 bridgehead atoms. The number of nitrogens with one attached hydrogen (secondary N) is 2. The molecule has 0 amide bonds. The molecule has 0 aromatic carbocycles. The lowest BCUT2D eigenvalue weighted by molar-refractivity contribution is -0.161. The molecule has 4 aliphatic heterocycles. The van der Waals surface area contributed by atoms with Crippen molar-refractivity contribution >= 4 is 108 Å². The molecular weight excluding hydrogens is 1200 g/mol. The molecule has 448 valence electrons. The molecule has 8 aromatic heterocycles. The number of anilines is 4. The van der Waals surface area contributed by atoms with Crippen molar-refractivity contribution in [2.24, 2.45) is 29.1 Å². The first-order chi connectivity index (χ1) is 40.8. The molecule has 20 atom stereocenters. The van der Waals surface area contributed by atoms with Crippen LogP contribution in [0.25, 0.3) is 44.4 Å². The lowest BCUT2D eigenvalue weighted by atomic mass is 9.61. The van der Waals surface area contributed by atoms with E-state index in [1.165, 1.54) is 12.7 Å². The maximum atomic E-state index is 13.2.